The van der Waals surface area contributed by atoms with Crippen molar-refractivity contribution in [2.24, 2.45) is 5.73 Å². The van der Waals surface area contributed by atoms with Crippen LogP contribution in [0, 0.1) is 26.6 Å². The Morgan fingerprint density at radius 1 is 0.899 bits per heavy atom. The minimum Gasteiger partial charge on any atom is -0.480 e. The van der Waals surface area contributed by atoms with Crippen molar-refractivity contribution >= 4 is 64.8 Å². The Hall–Kier alpha value is -7.35. The first-order valence-corrected chi connectivity index (χ1v) is 26.0. The number of nitrogens with two attached hydrogens (primary N) is 1. The number of esters is 1. The van der Waals surface area contributed by atoms with Crippen molar-refractivity contribution in [3.63, 3.8) is 0 Å². The first kappa shape index (κ1) is 67.8. The number of rotatable bonds is 11. The van der Waals surface area contributed by atoms with Crippen LogP contribution in [0.15, 0.2) is 54.2 Å². The molecule has 25 heteroatoms. The Morgan fingerprint density at radius 3 is 2.09 bits per heavy atom. The van der Waals surface area contributed by atoms with Gasteiger partial charge < -0.3 is 61.5 Å². The van der Waals surface area contributed by atoms with Crippen molar-refractivity contribution in [3.8, 4) is 0 Å². The number of cyclic esters (lactones) is 1. The van der Waals surface area contributed by atoms with Gasteiger partial charge in [-0.15, -0.1) is 0 Å². The predicted molar refractivity (Wildman–Crippen MR) is 290 cm³/mol. The second-order valence-corrected chi connectivity index (χ2v) is 19.1. The normalized spacial score (nSPS) is 20.5. The largest absolute Gasteiger partial charge is 0.480 e. The molecule has 0 bridgehead atoms. The molecule has 4 heterocycles. The van der Waals surface area contributed by atoms with Gasteiger partial charge in [0.25, 0.3) is 0 Å². The minimum atomic E-state index is -0.918. The van der Waals surface area contributed by atoms with Gasteiger partial charge in [-0.3, -0.25) is 48.1 Å². The van der Waals surface area contributed by atoms with E-state index in [0.717, 1.165) is 18.7 Å². The van der Waals surface area contributed by atoms with Crippen LogP contribution in [0.2, 0.25) is 0 Å². The van der Waals surface area contributed by atoms with Crippen LogP contribution in [0.3, 0.4) is 0 Å². The van der Waals surface area contributed by atoms with Crippen molar-refractivity contribution < 1.29 is 71.7 Å². The summed E-state index contributed by atoms with van der Waals surface area (Å²) >= 11 is 0. The third-order valence-corrected chi connectivity index (χ3v) is 12.4. The molecule has 4 aliphatic rings. The van der Waals surface area contributed by atoms with Gasteiger partial charge in [-0.1, -0.05) is 48.4 Å². The van der Waals surface area contributed by atoms with E-state index in [0.29, 0.717) is 51.1 Å². The summed E-state index contributed by atoms with van der Waals surface area (Å²) in [6.45, 7) is 19.2. The van der Waals surface area contributed by atoms with Gasteiger partial charge in [-0.25, -0.2) is 14.2 Å². The van der Waals surface area contributed by atoms with Crippen LogP contribution in [0.4, 0.5) is 14.9 Å². The van der Waals surface area contributed by atoms with E-state index in [2.05, 4.69) is 64.8 Å². The fourth-order valence-corrected chi connectivity index (χ4v) is 7.75. The van der Waals surface area contributed by atoms with E-state index in [1.54, 1.807) is 40.0 Å². The van der Waals surface area contributed by atoms with Crippen molar-refractivity contribution in [2.75, 3.05) is 84.5 Å². The molecule has 0 saturated carbocycles. The number of amides is 7. The summed E-state index contributed by atoms with van der Waals surface area (Å²) in [6, 6.07) is 9.69. The van der Waals surface area contributed by atoms with Crippen LogP contribution < -0.4 is 32.4 Å². The maximum absolute atomic E-state index is 13.3. The highest BCUT2D eigenvalue weighted by atomic mass is 19.1. The summed E-state index contributed by atoms with van der Waals surface area (Å²) in [4.78, 5) is 121. The monoisotopic (exact) mass is 1110 g/mol. The maximum atomic E-state index is 13.3. The van der Waals surface area contributed by atoms with E-state index in [-0.39, 0.29) is 74.4 Å². The summed E-state index contributed by atoms with van der Waals surface area (Å²) in [6.07, 6.45) is 2.45. The first-order chi connectivity index (χ1) is 37.3. The number of nitrogens with one attached hydrogen (secondary N) is 5. The lowest BCUT2D eigenvalue weighted by atomic mass is 10.1. The van der Waals surface area contributed by atoms with Gasteiger partial charge in [0, 0.05) is 64.6 Å². The molecule has 6 rings (SSSR count). The number of carbonyl (C=O) groups excluding carboxylic acids is 9. The van der Waals surface area contributed by atoms with Crippen molar-refractivity contribution in [2.45, 2.75) is 118 Å². The number of piperazine rings is 1. The second kappa shape index (κ2) is 35.2. The topological polar surface area (TPSA) is 318 Å². The summed E-state index contributed by atoms with van der Waals surface area (Å²) < 4.78 is 28.6. The zero-order valence-corrected chi connectivity index (χ0v) is 47.1. The Kier molecular flexibility index (Phi) is 30.2. The Labute approximate surface area is 461 Å². The molecule has 4 fully saturated rings. The fraction of sp³-hybridized carbons (Fsp3) is 0.556. The van der Waals surface area contributed by atoms with Crippen LogP contribution >= 0.6 is 0 Å². The van der Waals surface area contributed by atoms with Gasteiger partial charge >= 0.3 is 18.0 Å². The molecule has 8 N–H and O–H groups in total. The summed E-state index contributed by atoms with van der Waals surface area (Å²) in [7, 11) is 1.54. The molecule has 0 radical (unpaired) electrons. The van der Waals surface area contributed by atoms with Crippen molar-refractivity contribution in [3.05, 3.63) is 76.7 Å². The zero-order valence-electron chi connectivity index (χ0n) is 47.1. The highest BCUT2D eigenvalue weighted by Crippen LogP contribution is 2.24. The smallest absolute Gasteiger partial charge is 0.325 e. The van der Waals surface area contributed by atoms with Crippen molar-refractivity contribution in [1.29, 1.82) is 0 Å². The van der Waals surface area contributed by atoms with Crippen molar-refractivity contribution in [1.82, 2.24) is 41.1 Å². The quantitative estimate of drug-likeness (QED) is 0.125. The second-order valence-electron chi connectivity index (χ2n) is 19.1. The minimum absolute atomic E-state index is 0.00986. The molecule has 438 valence electrons. The number of halogens is 1. The van der Waals surface area contributed by atoms with Gasteiger partial charge in [0.2, 0.25) is 29.5 Å². The van der Waals surface area contributed by atoms with Gasteiger partial charge in [0.15, 0.2) is 11.6 Å². The number of morpholine rings is 1. The van der Waals surface area contributed by atoms with E-state index in [9.17, 15) is 52.3 Å². The molecular weight excluding hydrogens is 1030 g/mol. The zero-order chi connectivity index (χ0) is 59.4. The van der Waals surface area contributed by atoms with E-state index in [1.807, 2.05) is 16.8 Å². The maximum Gasteiger partial charge on any atom is 0.325 e. The average Bonchev–Trinajstić information content (AvgIpc) is 3.91. The molecular formula is C54H81FN10O14. The van der Waals surface area contributed by atoms with Gasteiger partial charge in [0.05, 0.1) is 38.4 Å². The summed E-state index contributed by atoms with van der Waals surface area (Å²) in [5, 5.41) is 20.0. The van der Waals surface area contributed by atoms with E-state index in [4.69, 9.17) is 25.1 Å². The number of hydrogen-bond donors (Lipinski definition) is 7. The standard InChI is InChI=1S/C19H28N4O7.C11H19N3O3.C10H12FN3O2.C8H10.C6H12O2/c1-11-8-15(24)22-5-3-4-13(22)19(28)23-6-7-29-10-14(23)18(27)21-12(2)17(26)20-9-16(25)30-11;1-9(10(2)15)7-12-14-5-3-13(4-6-14)8-11(16)17;1-6-2-3-8(7(11)4-6)14-10(16)13-5-9(12)15;1-7-4-3-5-8(2)6-7;1-4-6(7)5(2)8-3/h11-14H,3-10H2,1-2H3,(H,20,26)(H,21,27);7,12H,3-6,8H2,1-2H3,(H,16,17);2-4H,5H2,1H3,(H2,12,15)(H2,13,14,16);3-6H,1-2H3;5H,4H2,1-3H3/b;9-7-;;;. The SMILES string of the molecule is CC(=O)/C(C)=C\NN1CCN(CC(=O)O)CC1.CC1CC(=O)N2CCCC2C(=O)N2CCOCC2C(=O)NC(C)C(=O)NCC(=O)O1.CCC(=O)C(C)OC.Cc1ccc(NC(=O)NCC(N)=O)c(F)c1.Cc1cccc(C)c1. The molecule has 7 amide bonds. The molecule has 2 aromatic rings. The fourth-order valence-electron chi connectivity index (χ4n) is 7.75. The Balaban J connectivity index is 0.000000371. The van der Waals surface area contributed by atoms with Gasteiger partial charge in [-0.2, -0.15) is 0 Å². The number of hydrazine groups is 1. The predicted octanol–water partition coefficient (Wildman–Crippen LogP) is 1.89. The number of hydrogen-bond acceptors (Lipinski definition) is 16. The highest BCUT2D eigenvalue weighted by molar-refractivity contribution is 5.96. The number of nitrogens with zero attached hydrogens (tertiary/aromatic N) is 4. The number of carboxylic acid groups (broad SMARTS) is 1. The van der Waals surface area contributed by atoms with E-state index >= 15 is 0 Å². The Bertz CT molecular complexity index is 2420. The number of ketones is 2. The number of aliphatic carboxylic acids is 1. The number of benzene rings is 2. The first-order valence-electron chi connectivity index (χ1n) is 26.0. The molecule has 24 nitrogen and oxygen atoms in total. The molecule has 0 aliphatic carbocycles. The molecule has 79 heavy (non-hydrogen) atoms. The number of carbonyl (C=O) groups is 10. The molecule has 0 aromatic heterocycles. The number of aryl methyl sites for hydroxylation is 3. The van der Waals surface area contributed by atoms with Crippen LogP contribution in [0.25, 0.3) is 0 Å². The average molecular weight is 1110 g/mol. The molecule has 5 atom stereocenters. The summed E-state index contributed by atoms with van der Waals surface area (Å²) in [5.74, 6) is -4.15. The number of primary amides is 1. The molecule has 0 spiro atoms. The lowest BCUT2D eigenvalue weighted by molar-refractivity contribution is -0.157. The molecule has 4 aliphatic heterocycles. The van der Waals surface area contributed by atoms with Crippen LogP contribution in [-0.4, -0.2) is 193 Å². The highest BCUT2D eigenvalue weighted by Gasteiger charge is 2.42. The number of Topliss-reactive ketones (excluding diaryl/α,β-unsaturated/α-hetero) is 2. The van der Waals surface area contributed by atoms with Crippen LogP contribution in [0.1, 0.15) is 83.9 Å². The molecule has 5 unspecified atom stereocenters. The number of carboxylic acids is 1. The number of fused-ring (bicyclic) bond motifs is 2. The lowest BCUT2D eigenvalue weighted by Gasteiger charge is -2.38. The Morgan fingerprint density at radius 2 is 1.54 bits per heavy atom. The number of urea groups is 1. The molecule has 4 saturated heterocycles. The number of ether oxygens (including phenoxy) is 3. The third kappa shape index (κ3) is 25.8. The summed E-state index contributed by atoms with van der Waals surface area (Å²) in [5.41, 5.74) is 12.0. The number of anilines is 1. The lowest BCUT2D eigenvalue weighted by Crippen LogP contribution is -2.61. The van der Waals surface area contributed by atoms with Crippen LogP contribution in [0.5, 0.6) is 0 Å². The van der Waals surface area contributed by atoms with E-state index < -0.39 is 65.7 Å². The number of allylic oxidation sites excluding steroid dienone is 1. The molecule has 2 aromatic carbocycles. The van der Waals surface area contributed by atoms with Gasteiger partial charge in [-0.05, 0) is 85.9 Å². The van der Waals surface area contributed by atoms with Crippen LogP contribution in [-0.2, 0) is 57.4 Å². The number of methoxy groups -OCH3 is 1. The van der Waals surface area contributed by atoms with Gasteiger partial charge in [0.1, 0.15) is 42.7 Å². The third-order valence-electron chi connectivity index (χ3n) is 12.4. The van der Waals surface area contributed by atoms with E-state index in [1.165, 1.54) is 54.0 Å².